The molecule has 0 spiro atoms. The third-order valence-corrected chi connectivity index (χ3v) is 7.93. The van der Waals surface area contributed by atoms with E-state index in [-0.39, 0.29) is 16.4 Å². The topological polar surface area (TPSA) is 118 Å². The third-order valence-electron chi connectivity index (χ3n) is 5.34. The third kappa shape index (κ3) is 6.67. The fourth-order valence-electron chi connectivity index (χ4n) is 3.64. The predicted molar refractivity (Wildman–Crippen MR) is 143 cm³/mol. The van der Waals surface area contributed by atoms with Crippen molar-refractivity contribution in [3.63, 3.8) is 0 Å². The lowest BCUT2D eigenvalue weighted by molar-refractivity contribution is 0.596. The smallest absolute Gasteiger partial charge is 0.178 e. The molecule has 4 rings (SSSR count). The molecule has 0 saturated carbocycles. The Balaban J connectivity index is 1.53. The van der Waals surface area contributed by atoms with E-state index in [1.165, 1.54) is 12.6 Å². The second kappa shape index (κ2) is 10.5. The molecule has 3 aromatic carbocycles. The van der Waals surface area contributed by atoms with Crippen molar-refractivity contribution in [1.82, 2.24) is 9.97 Å². The Bertz CT molecular complexity index is 1600. The zero-order chi connectivity index (χ0) is 25.8. The van der Waals surface area contributed by atoms with Gasteiger partial charge >= 0.3 is 0 Å². The van der Waals surface area contributed by atoms with Crippen LogP contribution >= 0.6 is 0 Å². The van der Waals surface area contributed by atoms with Gasteiger partial charge in [0.15, 0.2) is 19.7 Å². The minimum Gasteiger partial charge on any atom is -0.340 e. The molecule has 0 fully saturated rings. The lowest BCUT2D eigenvalue weighted by Crippen LogP contribution is -2.04. The van der Waals surface area contributed by atoms with Gasteiger partial charge < -0.3 is 10.6 Å². The number of benzene rings is 3. The van der Waals surface area contributed by atoms with E-state index in [0.29, 0.717) is 17.3 Å². The fourth-order valence-corrected chi connectivity index (χ4v) is 5.35. The summed E-state index contributed by atoms with van der Waals surface area (Å²) in [5.74, 6) is 1.07. The Morgan fingerprint density at radius 1 is 0.722 bits per heavy atom. The van der Waals surface area contributed by atoms with Crippen LogP contribution in [0.3, 0.4) is 0 Å². The summed E-state index contributed by atoms with van der Waals surface area (Å²) >= 11 is 0. The van der Waals surface area contributed by atoms with E-state index in [1.807, 2.05) is 42.5 Å². The molecule has 0 atom stereocenters. The van der Waals surface area contributed by atoms with E-state index in [0.717, 1.165) is 22.4 Å². The normalized spacial score (nSPS) is 11.7. The molecule has 4 aromatic rings. The Hall–Kier alpha value is -3.76. The van der Waals surface area contributed by atoms with Crippen molar-refractivity contribution in [3.05, 3.63) is 90.8 Å². The molecule has 2 N–H and O–H groups in total. The van der Waals surface area contributed by atoms with Gasteiger partial charge in [-0.05, 0) is 47.0 Å². The van der Waals surface area contributed by atoms with Crippen molar-refractivity contribution < 1.29 is 16.8 Å². The van der Waals surface area contributed by atoms with Gasteiger partial charge in [0.25, 0.3) is 0 Å². The Kier molecular flexibility index (Phi) is 7.37. The number of hydrogen-bond donors (Lipinski definition) is 2. The number of anilines is 4. The van der Waals surface area contributed by atoms with E-state index in [2.05, 4.69) is 20.6 Å². The number of nitrogens with one attached hydrogen (secondary N) is 2. The van der Waals surface area contributed by atoms with Crippen LogP contribution in [0.2, 0.25) is 0 Å². The highest BCUT2D eigenvalue weighted by atomic mass is 32.2. The minimum atomic E-state index is -3.32. The summed E-state index contributed by atoms with van der Waals surface area (Å²) in [6.45, 7) is 1.61. The number of sulfone groups is 2. The van der Waals surface area contributed by atoms with E-state index < -0.39 is 19.7 Å². The molecule has 0 aliphatic rings. The lowest BCUT2D eigenvalue weighted by atomic mass is 10.0. The maximum absolute atomic E-state index is 12.2. The molecule has 0 aliphatic heterocycles. The molecule has 0 saturated heterocycles. The van der Waals surface area contributed by atoms with Crippen molar-refractivity contribution in [2.45, 2.75) is 17.6 Å². The van der Waals surface area contributed by atoms with Crippen LogP contribution in [0.1, 0.15) is 12.5 Å². The quantitative estimate of drug-likeness (QED) is 0.316. The highest BCUT2D eigenvalue weighted by molar-refractivity contribution is 7.91. The molecule has 1 heterocycles. The van der Waals surface area contributed by atoms with Gasteiger partial charge in [-0.3, -0.25) is 0 Å². The second-order valence-corrected chi connectivity index (χ2v) is 12.7. The Morgan fingerprint density at radius 3 is 1.94 bits per heavy atom. The average Bonchev–Trinajstić information content (AvgIpc) is 2.84. The van der Waals surface area contributed by atoms with Crippen molar-refractivity contribution in [1.29, 1.82) is 0 Å². The summed E-state index contributed by atoms with van der Waals surface area (Å²) in [5.41, 5.74) is 3.96. The summed E-state index contributed by atoms with van der Waals surface area (Å²) in [7, 11) is -6.44. The highest BCUT2D eigenvalue weighted by Crippen LogP contribution is 2.27. The van der Waals surface area contributed by atoms with Gasteiger partial charge in [0, 0.05) is 23.7 Å². The van der Waals surface area contributed by atoms with Crippen molar-refractivity contribution in [3.8, 4) is 11.1 Å². The van der Waals surface area contributed by atoms with Gasteiger partial charge in [0.05, 0.1) is 16.4 Å². The summed E-state index contributed by atoms with van der Waals surface area (Å²) in [5, 5.41) is 6.38. The van der Waals surface area contributed by atoms with Crippen LogP contribution in [0.15, 0.2) is 90.1 Å². The van der Waals surface area contributed by atoms with E-state index >= 15 is 0 Å². The fraction of sp³-hybridized carbons (Fsp3) is 0.154. The maximum atomic E-state index is 12.2. The number of rotatable bonds is 9. The first-order chi connectivity index (χ1) is 17.1. The standard InChI is InChI=1S/C26H26N4O4S2/c1-3-36(33,34)24-12-6-11-23(15-24)30-26-16-25(27-18-28-26)29-22-10-5-9-21(14-22)20-8-4-7-19(13-20)17-35(2,31)32/h4-16,18H,3,17H2,1-2H3,(H2,27,28,29,30). The van der Waals surface area contributed by atoms with Crippen LogP contribution in [-0.4, -0.2) is 38.8 Å². The molecular formula is C26H26N4O4S2. The van der Waals surface area contributed by atoms with Crippen LogP contribution in [0.4, 0.5) is 23.0 Å². The Labute approximate surface area is 211 Å². The summed E-state index contributed by atoms with van der Waals surface area (Å²) in [6.07, 6.45) is 2.63. The van der Waals surface area contributed by atoms with Gasteiger partial charge in [0.1, 0.15) is 18.0 Å². The monoisotopic (exact) mass is 522 g/mol. The average molecular weight is 523 g/mol. The van der Waals surface area contributed by atoms with Gasteiger partial charge in [-0.15, -0.1) is 0 Å². The SMILES string of the molecule is CCS(=O)(=O)c1cccc(Nc2cc(Nc3cccc(-c4cccc(CS(C)(=O)=O)c4)c3)ncn2)c1. The summed E-state index contributed by atoms with van der Waals surface area (Å²) in [4.78, 5) is 8.76. The second-order valence-electron chi connectivity index (χ2n) is 8.32. The molecule has 0 bridgehead atoms. The first-order valence-electron chi connectivity index (χ1n) is 11.2. The first-order valence-corrected chi connectivity index (χ1v) is 14.9. The highest BCUT2D eigenvalue weighted by Gasteiger charge is 2.12. The van der Waals surface area contributed by atoms with Gasteiger partial charge in [0.2, 0.25) is 0 Å². The molecule has 186 valence electrons. The van der Waals surface area contributed by atoms with E-state index in [9.17, 15) is 16.8 Å². The van der Waals surface area contributed by atoms with E-state index in [1.54, 1.807) is 43.3 Å². The van der Waals surface area contributed by atoms with Crippen molar-refractivity contribution in [2.75, 3.05) is 22.6 Å². The number of hydrogen-bond acceptors (Lipinski definition) is 8. The molecular weight excluding hydrogens is 496 g/mol. The Morgan fingerprint density at radius 2 is 1.31 bits per heavy atom. The lowest BCUT2D eigenvalue weighted by Gasteiger charge is -2.11. The van der Waals surface area contributed by atoms with Crippen LogP contribution < -0.4 is 10.6 Å². The van der Waals surface area contributed by atoms with Crippen LogP contribution in [0, 0.1) is 0 Å². The largest absolute Gasteiger partial charge is 0.340 e. The minimum absolute atomic E-state index is 0.0111. The molecule has 36 heavy (non-hydrogen) atoms. The maximum Gasteiger partial charge on any atom is 0.178 e. The number of aromatic nitrogens is 2. The summed E-state index contributed by atoms with van der Waals surface area (Å²) in [6, 6.07) is 23.5. The summed E-state index contributed by atoms with van der Waals surface area (Å²) < 4.78 is 47.7. The number of nitrogens with zero attached hydrogens (tertiary/aromatic N) is 2. The van der Waals surface area contributed by atoms with Crippen LogP contribution in [0.5, 0.6) is 0 Å². The van der Waals surface area contributed by atoms with Crippen LogP contribution in [0.25, 0.3) is 11.1 Å². The van der Waals surface area contributed by atoms with Crippen LogP contribution in [-0.2, 0) is 25.4 Å². The van der Waals surface area contributed by atoms with E-state index in [4.69, 9.17) is 0 Å². The molecule has 1 aromatic heterocycles. The molecule has 0 radical (unpaired) electrons. The predicted octanol–water partition coefficient (Wildman–Crippen LogP) is 4.97. The van der Waals surface area contributed by atoms with Gasteiger partial charge in [-0.1, -0.05) is 49.4 Å². The molecule has 8 nitrogen and oxygen atoms in total. The van der Waals surface area contributed by atoms with Crippen molar-refractivity contribution in [2.24, 2.45) is 0 Å². The molecule has 0 unspecified atom stereocenters. The molecule has 0 amide bonds. The molecule has 0 aliphatic carbocycles. The first kappa shape index (κ1) is 25.3. The zero-order valence-electron chi connectivity index (χ0n) is 19.8. The van der Waals surface area contributed by atoms with Gasteiger partial charge in [-0.25, -0.2) is 26.8 Å². The van der Waals surface area contributed by atoms with Crippen molar-refractivity contribution >= 4 is 42.7 Å². The molecule has 10 heteroatoms. The van der Waals surface area contributed by atoms with Gasteiger partial charge in [-0.2, -0.15) is 0 Å². The zero-order valence-corrected chi connectivity index (χ0v) is 21.5.